The third-order valence-corrected chi connectivity index (χ3v) is 4.79. The molecule has 5 heteroatoms. The highest BCUT2D eigenvalue weighted by molar-refractivity contribution is 8.00. The molecular formula is C9H9FN2S2. The third kappa shape index (κ3) is 1.34. The van der Waals surface area contributed by atoms with E-state index in [9.17, 15) is 4.39 Å². The normalized spacial score (nSPS) is 20.6. The van der Waals surface area contributed by atoms with Crippen molar-refractivity contribution in [3.63, 3.8) is 0 Å². The summed E-state index contributed by atoms with van der Waals surface area (Å²) < 4.78 is 13.5. The Morgan fingerprint density at radius 3 is 2.71 bits per heavy atom. The molecule has 1 fully saturated rings. The van der Waals surface area contributed by atoms with Crippen molar-refractivity contribution in [3.8, 4) is 0 Å². The van der Waals surface area contributed by atoms with Crippen molar-refractivity contribution in [2.24, 2.45) is 0 Å². The molecule has 1 aromatic rings. The molecule has 0 N–H and O–H groups in total. The summed E-state index contributed by atoms with van der Waals surface area (Å²) in [6.45, 7) is 0. The molecule has 2 nitrogen and oxygen atoms in total. The fourth-order valence-corrected chi connectivity index (χ4v) is 3.39. The van der Waals surface area contributed by atoms with Gasteiger partial charge in [0.05, 0.1) is 5.69 Å². The average Bonchev–Trinajstić information content (AvgIpc) is 2.48. The largest absolute Gasteiger partial charge is 0.236 e. The van der Waals surface area contributed by atoms with Crippen LogP contribution in [-0.2, 0) is 11.5 Å². The first kappa shape index (κ1) is 8.97. The van der Waals surface area contributed by atoms with Crippen LogP contribution in [0.15, 0.2) is 0 Å². The molecule has 0 spiro atoms. The lowest BCUT2D eigenvalue weighted by atomic mass is 10.1. The van der Waals surface area contributed by atoms with E-state index in [1.807, 2.05) is 11.8 Å². The Morgan fingerprint density at radius 2 is 2.00 bits per heavy atom. The quantitative estimate of drug-likeness (QED) is 0.688. The summed E-state index contributed by atoms with van der Waals surface area (Å²) in [6.07, 6.45) is 0. The summed E-state index contributed by atoms with van der Waals surface area (Å²) in [7, 11) is 0. The van der Waals surface area contributed by atoms with Crippen molar-refractivity contribution in [3.05, 3.63) is 23.0 Å². The van der Waals surface area contributed by atoms with E-state index in [-0.39, 0.29) is 5.95 Å². The molecule has 1 aromatic heterocycles. The molecule has 3 rings (SSSR count). The molecule has 0 aliphatic carbocycles. The van der Waals surface area contributed by atoms with E-state index < -0.39 is 0 Å². The van der Waals surface area contributed by atoms with Crippen LogP contribution in [0, 0.1) is 5.95 Å². The predicted molar refractivity (Wildman–Crippen MR) is 57.1 cm³/mol. The Morgan fingerprint density at radius 1 is 1.14 bits per heavy atom. The van der Waals surface area contributed by atoms with Crippen LogP contribution < -0.4 is 0 Å². The second kappa shape index (κ2) is 3.38. The summed E-state index contributed by atoms with van der Waals surface area (Å²) in [5.74, 6) is 4.51. The van der Waals surface area contributed by atoms with Crippen LogP contribution in [0.1, 0.15) is 23.0 Å². The highest BCUT2D eigenvalue weighted by atomic mass is 32.2. The maximum absolute atomic E-state index is 13.5. The zero-order valence-corrected chi connectivity index (χ0v) is 9.13. The van der Waals surface area contributed by atoms with Crippen molar-refractivity contribution in [1.29, 1.82) is 0 Å². The maximum Gasteiger partial charge on any atom is 0.220 e. The lowest BCUT2D eigenvalue weighted by molar-refractivity contribution is 0.549. The number of rotatable bonds is 1. The highest BCUT2D eigenvalue weighted by Crippen LogP contribution is 2.35. The van der Waals surface area contributed by atoms with Crippen molar-refractivity contribution in [2.45, 2.75) is 17.4 Å². The van der Waals surface area contributed by atoms with Crippen molar-refractivity contribution < 1.29 is 4.39 Å². The monoisotopic (exact) mass is 228 g/mol. The summed E-state index contributed by atoms with van der Waals surface area (Å²) in [5, 5.41) is 0. The zero-order valence-electron chi connectivity index (χ0n) is 7.49. The molecule has 0 saturated carbocycles. The third-order valence-electron chi connectivity index (χ3n) is 2.55. The van der Waals surface area contributed by atoms with Gasteiger partial charge in [0.2, 0.25) is 5.95 Å². The minimum Gasteiger partial charge on any atom is -0.236 e. The Hall–Kier alpha value is -0.290. The number of fused-ring (bicyclic) bond motifs is 1. The predicted octanol–water partition coefficient (Wildman–Crippen LogP) is 2.19. The number of nitrogens with zero attached hydrogens (tertiary/aromatic N) is 2. The number of aromatic nitrogens is 2. The molecular weight excluding hydrogens is 219 g/mol. The molecule has 0 bridgehead atoms. The van der Waals surface area contributed by atoms with Gasteiger partial charge in [0.15, 0.2) is 0 Å². The number of thioether (sulfide) groups is 2. The molecule has 2 aliphatic rings. The van der Waals surface area contributed by atoms with E-state index in [1.165, 1.54) is 0 Å². The van der Waals surface area contributed by atoms with Gasteiger partial charge >= 0.3 is 0 Å². The topological polar surface area (TPSA) is 25.8 Å². The molecule has 0 radical (unpaired) electrons. The van der Waals surface area contributed by atoms with Crippen LogP contribution in [0.3, 0.4) is 0 Å². The van der Waals surface area contributed by atoms with Gasteiger partial charge in [-0.05, 0) is 0 Å². The van der Waals surface area contributed by atoms with E-state index in [2.05, 4.69) is 9.97 Å². The Bertz CT molecular complexity index is 379. The van der Waals surface area contributed by atoms with Gasteiger partial charge < -0.3 is 0 Å². The van der Waals surface area contributed by atoms with Gasteiger partial charge in [0, 0.05) is 34.5 Å². The second-order valence-electron chi connectivity index (χ2n) is 3.53. The lowest BCUT2D eigenvalue weighted by Crippen LogP contribution is -2.20. The SMILES string of the molecule is Fc1nc(C2CSC2)nc2c1CSC2. The molecule has 0 atom stereocenters. The van der Waals surface area contributed by atoms with Gasteiger partial charge in [-0.2, -0.15) is 27.9 Å². The summed E-state index contributed by atoms with van der Waals surface area (Å²) in [4.78, 5) is 8.41. The zero-order chi connectivity index (χ0) is 9.54. The fraction of sp³-hybridized carbons (Fsp3) is 0.556. The Kier molecular flexibility index (Phi) is 2.17. The van der Waals surface area contributed by atoms with Gasteiger partial charge in [-0.15, -0.1) is 0 Å². The standard InChI is InChI=1S/C9H9FN2S2/c10-8-6-3-14-4-7(6)11-9(12-8)5-1-13-2-5/h5H,1-4H2. The molecule has 3 heterocycles. The maximum atomic E-state index is 13.5. The fourth-order valence-electron chi connectivity index (χ4n) is 1.60. The van der Waals surface area contributed by atoms with E-state index in [0.29, 0.717) is 5.92 Å². The first-order valence-electron chi connectivity index (χ1n) is 4.55. The van der Waals surface area contributed by atoms with Crippen molar-refractivity contribution in [2.75, 3.05) is 11.5 Å². The van der Waals surface area contributed by atoms with Gasteiger partial charge in [0.1, 0.15) is 5.82 Å². The van der Waals surface area contributed by atoms with Crippen LogP contribution in [0.25, 0.3) is 0 Å². The van der Waals surface area contributed by atoms with Crippen LogP contribution >= 0.6 is 23.5 Å². The molecule has 2 aliphatic heterocycles. The minimum absolute atomic E-state index is 0.285. The van der Waals surface area contributed by atoms with Gasteiger partial charge in [-0.3, -0.25) is 0 Å². The second-order valence-corrected chi connectivity index (χ2v) is 5.59. The van der Waals surface area contributed by atoms with Crippen molar-refractivity contribution in [1.82, 2.24) is 9.97 Å². The molecule has 14 heavy (non-hydrogen) atoms. The average molecular weight is 228 g/mol. The summed E-state index contributed by atoms with van der Waals surface area (Å²) in [5.41, 5.74) is 1.65. The van der Waals surface area contributed by atoms with Gasteiger partial charge in [0.25, 0.3) is 0 Å². The summed E-state index contributed by atoms with van der Waals surface area (Å²) in [6, 6.07) is 0. The molecule has 74 valence electrons. The molecule has 0 aromatic carbocycles. The van der Waals surface area contributed by atoms with Crippen molar-refractivity contribution >= 4 is 23.5 Å². The van der Waals surface area contributed by atoms with Crippen LogP contribution in [0.5, 0.6) is 0 Å². The highest BCUT2D eigenvalue weighted by Gasteiger charge is 2.27. The lowest BCUT2D eigenvalue weighted by Gasteiger charge is -2.23. The number of halogens is 1. The van der Waals surface area contributed by atoms with Crippen LogP contribution in [-0.4, -0.2) is 21.5 Å². The van der Waals surface area contributed by atoms with E-state index in [4.69, 9.17) is 0 Å². The summed E-state index contributed by atoms with van der Waals surface area (Å²) >= 11 is 3.59. The molecule has 1 saturated heterocycles. The first-order chi connectivity index (χ1) is 6.84. The van der Waals surface area contributed by atoms with Gasteiger partial charge in [-0.1, -0.05) is 0 Å². The number of hydrogen-bond donors (Lipinski definition) is 0. The number of hydrogen-bond acceptors (Lipinski definition) is 4. The molecule has 0 unspecified atom stereocenters. The smallest absolute Gasteiger partial charge is 0.220 e. The van der Waals surface area contributed by atoms with Crippen LogP contribution in [0.2, 0.25) is 0 Å². The van der Waals surface area contributed by atoms with E-state index >= 15 is 0 Å². The van der Waals surface area contributed by atoms with E-state index in [0.717, 1.165) is 40.1 Å². The molecule has 0 amide bonds. The first-order valence-corrected chi connectivity index (χ1v) is 6.86. The van der Waals surface area contributed by atoms with Crippen LogP contribution in [0.4, 0.5) is 4.39 Å². The Labute approximate surface area is 90.1 Å². The minimum atomic E-state index is -0.285. The Balaban J connectivity index is 2.02. The van der Waals surface area contributed by atoms with Gasteiger partial charge in [-0.25, -0.2) is 9.97 Å². The van der Waals surface area contributed by atoms with E-state index in [1.54, 1.807) is 11.8 Å².